The van der Waals surface area contributed by atoms with Gasteiger partial charge in [-0.1, -0.05) is 55.2 Å². The lowest BCUT2D eigenvalue weighted by Crippen LogP contribution is -2.42. The molecule has 0 bridgehead atoms. The van der Waals surface area contributed by atoms with E-state index in [1.165, 1.54) is 43.8 Å². The van der Waals surface area contributed by atoms with Crippen molar-refractivity contribution in [3.8, 4) is 0 Å². The van der Waals surface area contributed by atoms with Gasteiger partial charge in [0.05, 0.1) is 10.4 Å². The van der Waals surface area contributed by atoms with Gasteiger partial charge in [0.2, 0.25) is 0 Å². The van der Waals surface area contributed by atoms with Crippen LogP contribution in [0, 0.1) is 54.1 Å². The zero-order chi connectivity index (χ0) is 18.0. The Balaban J connectivity index is 2.75. The van der Waals surface area contributed by atoms with E-state index in [-0.39, 0.29) is 0 Å². The molecule has 0 radical (unpaired) electrons. The fourth-order valence-electron chi connectivity index (χ4n) is 3.52. The average molecular weight is 339 g/mol. The maximum absolute atomic E-state index is 6.46. The third-order valence-electron chi connectivity index (χ3n) is 4.27. The molecular formula is C22H30OSi. The van der Waals surface area contributed by atoms with Gasteiger partial charge in [0.15, 0.2) is 0 Å². The minimum Gasteiger partial charge on any atom is -0.513 e. The van der Waals surface area contributed by atoms with Crippen LogP contribution in [0.25, 0.3) is 0 Å². The van der Waals surface area contributed by atoms with Crippen molar-refractivity contribution in [3.63, 3.8) is 0 Å². The van der Waals surface area contributed by atoms with Crippen LogP contribution in [0.15, 0.2) is 24.3 Å². The highest BCUT2D eigenvalue weighted by atomic mass is 28.3. The van der Waals surface area contributed by atoms with E-state index in [0.29, 0.717) is 5.92 Å². The number of hydrogen-bond acceptors (Lipinski definition) is 0. The van der Waals surface area contributed by atoms with Gasteiger partial charge in [0.1, 0.15) is 0 Å². The van der Waals surface area contributed by atoms with Crippen LogP contribution in [0.5, 0.6) is 0 Å². The van der Waals surface area contributed by atoms with Crippen LogP contribution in [0.3, 0.4) is 0 Å². The first-order chi connectivity index (χ1) is 11.2. The SMILES string of the molecule is Cc1cc(C)c([Si](=[O+][CH-]C(C)C)c2c(C)cc(C)cc2C)c(C)c1. The van der Waals surface area contributed by atoms with Gasteiger partial charge in [-0.05, 0) is 70.4 Å². The average Bonchev–Trinajstić information content (AvgIpc) is 2.41. The molecule has 0 saturated carbocycles. The molecule has 0 unspecified atom stereocenters. The molecule has 0 aliphatic rings. The summed E-state index contributed by atoms with van der Waals surface area (Å²) in [5.74, 6) is 0.419. The van der Waals surface area contributed by atoms with Crippen LogP contribution in [0.2, 0.25) is 0 Å². The topological polar surface area (TPSA) is 11.3 Å². The second-order valence-electron chi connectivity index (χ2n) is 7.37. The Bertz CT molecular complexity index is 679. The van der Waals surface area contributed by atoms with Crippen LogP contribution >= 0.6 is 0 Å². The summed E-state index contributed by atoms with van der Waals surface area (Å²) in [5, 5.41) is 2.80. The van der Waals surface area contributed by atoms with Crippen molar-refractivity contribution >= 4 is 19.1 Å². The van der Waals surface area contributed by atoms with Gasteiger partial charge in [-0.15, -0.1) is 0 Å². The molecule has 0 atom stereocenters. The summed E-state index contributed by atoms with van der Waals surface area (Å²) in [5.41, 5.74) is 8.02. The minimum atomic E-state index is -1.30. The summed E-state index contributed by atoms with van der Waals surface area (Å²) in [6.45, 7) is 19.6. The van der Waals surface area contributed by atoms with E-state index in [9.17, 15) is 0 Å². The molecule has 128 valence electrons. The summed E-state index contributed by atoms with van der Waals surface area (Å²) in [6, 6.07) is 9.13. The van der Waals surface area contributed by atoms with Gasteiger partial charge >= 0.3 is 8.68 Å². The summed E-state index contributed by atoms with van der Waals surface area (Å²) in [6.07, 6.45) is 0. The molecule has 2 aromatic carbocycles. The van der Waals surface area contributed by atoms with E-state index in [2.05, 4.69) is 79.7 Å². The van der Waals surface area contributed by atoms with Crippen LogP contribution in [-0.4, -0.2) is 8.68 Å². The fourth-order valence-corrected chi connectivity index (χ4v) is 6.14. The van der Waals surface area contributed by atoms with Gasteiger partial charge in [-0.25, -0.2) is 0 Å². The predicted molar refractivity (Wildman–Crippen MR) is 106 cm³/mol. The molecule has 1 nitrogen and oxygen atoms in total. The molecule has 2 aromatic rings. The van der Waals surface area contributed by atoms with Crippen LogP contribution in [-0.2, 0) is 4.09 Å². The summed E-state index contributed by atoms with van der Waals surface area (Å²) >= 11 is 0. The van der Waals surface area contributed by atoms with Crippen LogP contribution < -0.4 is 10.4 Å². The third kappa shape index (κ3) is 4.04. The van der Waals surface area contributed by atoms with Gasteiger partial charge in [-0.3, -0.25) is 0 Å². The van der Waals surface area contributed by atoms with E-state index in [0.717, 1.165) is 0 Å². The van der Waals surface area contributed by atoms with Gasteiger partial charge in [0.25, 0.3) is 0 Å². The monoisotopic (exact) mass is 338 g/mol. The zero-order valence-corrected chi connectivity index (χ0v) is 17.4. The number of benzene rings is 2. The largest absolute Gasteiger partial charge is 0.569 e. The number of rotatable bonds is 4. The Labute approximate surface area is 149 Å². The first kappa shape index (κ1) is 18.7. The Morgan fingerprint density at radius 3 is 1.33 bits per heavy atom. The molecule has 2 rings (SSSR count). The van der Waals surface area contributed by atoms with Gasteiger partial charge < -0.3 is 4.09 Å². The molecular weight excluding hydrogens is 308 g/mol. The molecule has 0 fully saturated rings. The standard InChI is InChI=1S/C22H30OSi/c1-14(2)13-23-24(21-17(5)9-15(3)10-18(21)6)22-19(7)11-16(4)12-20(22)8/h9-14H,1-8H3. The first-order valence-electron chi connectivity index (χ1n) is 8.74. The molecule has 0 amide bonds. The summed E-state index contributed by atoms with van der Waals surface area (Å²) in [4.78, 5) is 0. The van der Waals surface area contributed by atoms with Crippen molar-refractivity contribution in [2.24, 2.45) is 5.92 Å². The van der Waals surface area contributed by atoms with E-state index >= 15 is 0 Å². The maximum atomic E-state index is 6.46. The van der Waals surface area contributed by atoms with Crippen LogP contribution in [0.1, 0.15) is 47.2 Å². The lowest BCUT2D eigenvalue weighted by Gasteiger charge is -2.13. The summed E-state index contributed by atoms with van der Waals surface area (Å²) < 4.78 is 6.46. The molecule has 2 heteroatoms. The fraction of sp³-hybridized carbons (Fsp3) is 0.409. The van der Waals surface area contributed by atoms with Crippen molar-refractivity contribution in [1.82, 2.24) is 0 Å². The zero-order valence-electron chi connectivity index (χ0n) is 16.4. The Kier molecular flexibility index (Phi) is 5.82. The van der Waals surface area contributed by atoms with Gasteiger partial charge in [0, 0.05) is 0 Å². The maximum Gasteiger partial charge on any atom is 0.569 e. The third-order valence-corrected chi connectivity index (χ3v) is 7.12. The molecule has 0 heterocycles. The normalized spacial score (nSPS) is 10.9. The van der Waals surface area contributed by atoms with Crippen molar-refractivity contribution in [2.45, 2.75) is 55.4 Å². The van der Waals surface area contributed by atoms with E-state index in [1.54, 1.807) is 0 Å². The highest BCUT2D eigenvalue weighted by molar-refractivity contribution is 6.74. The Morgan fingerprint density at radius 1 is 0.708 bits per heavy atom. The minimum absolute atomic E-state index is 0.419. The summed E-state index contributed by atoms with van der Waals surface area (Å²) in [7, 11) is -1.30. The van der Waals surface area contributed by atoms with E-state index < -0.39 is 8.68 Å². The molecule has 0 aromatic heterocycles. The van der Waals surface area contributed by atoms with Crippen molar-refractivity contribution in [3.05, 3.63) is 64.3 Å². The smallest absolute Gasteiger partial charge is 0.513 e. The van der Waals surface area contributed by atoms with Crippen molar-refractivity contribution in [1.29, 1.82) is 0 Å². The number of hydrogen-bond donors (Lipinski definition) is 0. The van der Waals surface area contributed by atoms with Crippen molar-refractivity contribution in [2.75, 3.05) is 0 Å². The highest BCUT2D eigenvalue weighted by Crippen LogP contribution is 2.11. The molecule has 0 N–H and O–H groups in total. The molecule has 0 aliphatic carbocycles. The Hall–Kier alpha value is -1.67. The Morgan fingerprint density at radius 2 is 1.04 bits per heavy atom. The lowest BCUT2D eigenvalue weighted by atomic mass is 10.1. The molecule has 24 heavy (non-hydrogen) atoms. The molecule has 0 saturated heterocycles. The molecule has 0 spiro atoms. The van der Waals surface area contributed by atoms with Crippen molar-refractivity contribution < 1.29 is 4.09 Å². The second kappa shape index (κ2) is 7.48. The van der Waals surface area contributed by atoms with Gasteiger partial charge in [-0.2, -0.15) is 0 Å². The first-order valence-corrected chi connectivity index (χ1v) is 10.1. The quantitative estimate of drug-likeness (QED) is 0.444. The second-order valence-corrected chi connectivity index (χ2v) is 9.27. The van der Waals surface area contributed by atoms with E-state index in [1.807, 2.05) is 6.61 Å². The van der Waals surface area contributed by atoms with Crippen LogP contribution in [0.4, 0.5) is 0 Å². The highest BCUT2D eigenvalue weighted by Gasteiger charge is 2.30. The molecule has 0 aliphatic heterocycles. The lowest BCUT2D eigenvalue weighted by molar-refractivity contribution is 0.165. The number of aryl methyl sites for hydroxylation is 6. The van der Waals surface area contributed by atoms with E-state index in [4.69, 9.17) is 4.09 Å². The predicted octanol–water partition coefficient (Wildman–Crippen LogP) is 4.43.